The van der Waals surface area contributed by atoms with Gasteiger partial charge in [0.05, 0.1) is 11.2 Å². The van der Waals surface area contributed by atoms with Crippen molar-refractivity contribution < 1.29 is 4.79 Å². The van der Waals surface area contributed by atoms with Crippen LogP contribution in [0.1, 0.15) is 26.2 Å². The highest BCUT2D eigenvalue weighted by molar-refractivity contribution is 5.98. The van der Waals surface area contributed by atoms with Crippen LogP contribution in [-0.4, -0.2) is 27.8 Å². The second-order valence-electron chi connectivity index (χ2n) is 5.67. The molecule has 22 heavy (non-hydrogen) atoms. The summed E-state index contributed by atoms with van der Waals surface area (Å²) >= 11 is 0. The Bertz CT molecular complexity index is 621. The van der Waals surface area contributed by atoms with Gasteiger partial charge < -0.3 is 10.6 Å². The first-order valence-electron chi connectivity index (χ1n) is 7.34. The van der Waals surface area contributed by atoms with Gasteiger partial charge in [-0.1, -0.05) is 6.07 Å². The predicted molar refractivity (Wildman–Crippen MR) is 89.7 cm³/mol. The number of hydrogen-bond donors (Lipinski definition) is 2. The van der Waals surface area contributed by atoms with Crippen molar-refractivity contribution in [1.29, 1.82) is 0 Å². The Kier molecular flexibility index (Phi) is 5.21. The second-order valence-corrected chi connectivity index (χ2v) is 5.67. The van der Waals surface area contributed by atoms with Crippen molar-refractivity contribution in [2.24, 2.45) is 0 Å². The molecule has 1 atom stereocenters. The van der Waals surface area contributed by atoms with Gasteiger partial charge in [-0.2, -0.15) is 5.10 Å². The first-order valence-corrected chi connectivity index (χ1v) is 7.34. The lowest BCUT2D eigenvalue weighted by Crippen LogP contribution is -2.54. The minimum Gasteiger partial charge on any atom is -0.324 e. The number of nitrogens with zero attached hydrogens (tertiary/aromatic N) is 2. The molecule has 3 rings (SSSR count). The highest BCUT2D eigenvalue weighted by Crippen LogP contribution is 2.21. The number of piperidine rings is 1. The van der Waals surface area contributed by atoms with Crippen molar-refractivity contribution in [2.75, 3.05) is 11.9 Å². The zero-order valence-electron chi connectivity index (χ0n) is 12.6. The van der Waals surface area contributed by atoms with E-state index in [9.17, 15) is 4.79 Å². The summed E-state index contributed by atoms with van der Waals surface area (Å²) in [4.78, 5) is 12.5. The number of hydrogen-bond acceptors (Lipinski definition) is 3. The van der Waals surface area contributed by atoms with E-state index in [-0.39, 0.29) is 18.3 Å². The predicted octanol–water partition coefficient (Wildman–Crippen LogP) is 2.76. The Morgan fingerprint density at radius 2 is 2.23 bits per heavy atom. The Hall–Kier alpha value is -1.85. The van der Waals surface area contributed by atoms with Crippen molar-refractivity contribution in [1.82, 2.24) is 15.1 Å². The molecule has 6 heteroatoms. The minimum atomic E-state index is -0.472. The molecule has 1 aromatic carbocycles. The van der Waals surface area contributed by atoms with Gasteiger partial charge in [0.2, 0.25) is 5.91 Å². The molecule has 5 nitrogen and oxygen atoms in total. The molecule has 0 bridgehead atoms. The van der Waals surface area contributed by atoms with Gasteiger partial charge in [-0.25, -0.2) is 4.68 Å². The van der Waals surface area contributed by atoms with Crippen molar-refractivity contribution in [3.63, 3.8) is 0 Å². The van der Waals surface area contributed by atoms with Gasteiger partial charge in [-0.15, -0.1) is 12.4 Å². The molecule has 1 saturated heterocycles. The van der Waals surface area contributed by atoms with Gasteiger partial charge in [-0.05, 0) is 57.0 Å². The Morgan fingerprint density at radius 3 is 2.91 bits per heavy atom. The fourth-order valence-corrected chi connectivity index (χ4v) is 2.67. The van der Waals surface area contributed by atoms with Crippen molar-refractivity contribution in [3.8, 4) is 5.69 Å². The quantitative estimate of drug-likeness (QED) is 0.914. The number of carbonyl (C=O) groups excluding carboxylic acids is 1. The molecule has 1 aliphatic heterocycles. The van der Waals surface area contributed by atoms with Crippen LogP contribution in [0.2, 0.25) is 0 Å². The number of aromatic nitrogens is 2. The van der Waals surface area contributed by atoms with Crippen molar-refractivity contribution in [2.45, 2.75) is 31.7 Å². The Morgan fingerprint density at radius 1 is 1.36 bits per heavy atom. The maximum absolute atomic E-state index is 12.5. The summed E-state index contributed by atoms with van der Waals surface area (Å²) in [6, 6.07) is 9.58. The summed E-state index contributed by atoms with van der Waals surface area (Å²) in [7, 11) is 0. The molecule has 2 aromatic rings. The fraction of sp³-hybridized carbons (Fsp3) is 0.375. The van der Waals surface area contributed by atoms with Crippen LogP contribution in [0, 0.1) is 0 Å². The van der Waals surface area contributed by atoms with E-state index in [2.05, 4.69) is 15.7 Å². The molecule has 1 fully saturated rings. The normalized spacial score (nSPS) is 21.0. The summed E-state index contributed by atoms with van der Waals surface area (Å²) in [5, 5.41) is 10.5. The van der Waals surface area contributed by atoms with Gasteiger partial charge in [0, 0.05) is 18.1 Å². The number of nitrogens with one attached hydrogen (secondary N) is 2. The van der Waals surface area contributed by atoms with E-state index in [1.54, 1.807) is 10.9 Å². The summed E-state index contributed by atoms with van der Waals surface area (Å²) in [6.45, 7) is 2.87. The monoisotopic (exact) mass is 320 g/mol. The SMILES string of the molecule is CC1(C(=O)Nc2cccc(-n3cccn3)c2)CCCCN1.Cl. The van der Waals surface area contributed by atoms with Gasteiger partial charge in [0.25, 0.3) is 0 Å². The lowest BCUT2D eigenvalue weighted by molar-refractivity contribution is -0.122. The number of carbonyl (C=O) groups is 1. The summed E-state index contributed by atoms with van der Waals surface area (Å²) in [5.74, 6) is 0.0276. The third kappa shape index (κ3) is 3.48. The molecule has 0 aliphatic carbocycles. The van der Waals surface area contributed by atoms with E-state index in [1.165, 1.54) is 0 Å². The van der Waals surface area contributed by atoms with Gasteiger partial charge in [-0.3, -0.25) is 4.79 Å². The molecule has 0 saturated carbocycles. The largest absolute Gasteiger partial charge is 0.324 e. The molecule has 2 heterocycles. The van der Waals surface area contributed by atoms with E-state index in [0.29, 0.717) is 0 Å². The van der Waals surface area contributed by atoms with E-state index in [4.69, 9.17) is 0 Å². The average molecular weight is 321 g/mol. The lowest BCUT2D eigenvalue weighted by atomic mass is 9.90. The molecule has 1 aromatic heterocycles. The van der Waals surface area contributed by atoms with Crippen LogP contribution in [0.3, 0.4) is 0 Å². The second kappa shape index (κ2) is 6.94. The average Bonchev–Trinajstić information content (AvgIpc) is 3.02. The number of anilines is 1. The molecule has 118 valence electrons. The van der Waals surface area contributed by atoms with Crippen LogP contribution in [0.25, 0.3) is 5.69 Å². The van der Waals surface area contributed by atoms with Crippen molar-refractivity contribution in [3.05, 3.63) is 42.7 Å². The Labute approximate surface area is 136 Å². The van der Waals surface area contributed by atoms with Crippen LogP contribution in [0.5, 0.6) is 0 Å². The van der Waals surface area contributed by atoms with E-state index in [1.807, 2.05) is 43.5 Å². The number of halogens is 1. The Balaban J connectivity index is 0.00000176. The van der Waals surface area contributed by atoms with Gasteiger partial charge in [0.15, 0.2) is 0 Å². The van der Waals surface area contributed by atoms with Crippen LogP contribution in [-0.2, 0) is 4.79 Å². The summed E-state index contributed by atoms with van der Waals surface area (Å²) in [5.41, 5.74) is 1.25. The first-order chi connectivity index (χ1) is 10.2. The highest BCUT2D eigenvalue weighted by atomic mass is 35.5. The molecule has 2 N–H and O–H groups in total. The topological polar surface area (TPSA) is 59.0 Å². The maximum atomic E-state index is 12.5. The molecule has 1 unspecified atom stereocenters. The van der Waals surface area contributed by atoms with E-state index >= 15 is 0 Å². The van der Waals surface area contributed by atoms with Crippen LogP contribution < -0.4 is 10.6 Å². The van der Waals surface area contributed by atoms with Crippen molar-refractivity contribution >= 4 is 24.0 Å². The standard InChI is InChI=1S/C16H20N4O.ClH/c1-16(8-2-3-9-17-16)15(21)19-13-6-4-7-14(12-13)20-11-5-10-18-20;/h4-7,10-12,17H,2-3,8-9H2,1H3,(H,19,21);1H. The fourth-order valence-electron chi connectivity index (χ4n) is 2.67. The van der Waals surface area contributed by atoms with Crippen LogP contribution in [0.15, 0.2) is 42.7 Å². The lowest BCUT2D eigenvalue weighted by Gasteiger charge is -2.33. The summed E-state index contributed by atoms with van der Waals surface area (Å²) < 4.78 is 1.77. The number of amides is 1. The third-order valence-electron chi connectivity index (χ3n) is 3.99. The molecule has 1 amide bonds. The molecule has 0 radical (unpaired) electrons. The third-order valence-corrected chi connectivity index (χ3v) is 3.99. The zero-order chi connectivity index (χ0) is 14.7. The van der Waals surface area contributed by atoms with Crippen LogP contribution >= 0.6 is 12.4 Å². The highest BCUT2D eigenvalue weighted by Gasteiger charge is 2.34. The van der Waals surface area contributed by atoms with Gasteiger partial charge in [0.1, 0.15) is 0 Å². The van der Waals surface area contributed by atoms with Crippen LogP contribution in [0.4, 0.5) is 5.69 Å². The van der Waals surface area contributed by atoms with E-state index in [0.717, 1.165) is 37.2 Å². The molecule has 0 spiro atoms. The maximum Gasteiger partial charge on any atom is 0.244 e. The molecular weight excluding hydrogens is 300 g/mol. The molecule has 1 aliphatic rings. The number of rotatable bonds is 3. The van der Waals surface area contributed by atoms with Gasteiger partial charge >= 0.3 is 0 Å². The molecular formula is C16H21ClN4O. The van der Waals surface area contributed by atoms with E-state index < -0.39 is 5.54 Å². The zero-order valence-corrected chi connectivity index (χ0v) is 13.4. The minimum absolute atomic E-state index is 0. The number of benzene rings is 1. The first kappa shape index (κ1) is 16.5. The smallest absolute Gasteiger partial charge is 0.244 e. The summed E-state index contributed by atoms with van der Waals surface area (Å²) in [6.07, 6.45) is 6.71.